The molecule has 28 heavy (non-hydrogen) atoms. The van der Waals surface area contributed by atoms with Crippen LogP contribution >= 0.6 is 35.6 Å². The van der Waals surface area contributed by atoms with Crippen molar-refractivity contribution in [1.29, 1.82) is 0 Å². The van der Waals surface area contributed by atoms with Gasteiger partial charge in [-0.3, -0.25) is 19.3 Å². The molecule has 2 aliphatic heterocycles. The summed E-state index contributed by atoms with van der Waals surface area (Å²) < 4.78 is 0.301. The number of para-hydroxylation sites is 1. The summed E-state index contributed by atoms with van der Waals surface area (Å²) in [5.41, 5.74) is 1.97. The highest BCUT2D eigenvalue weighted by Gasteiger charge is 2.39. The smallest absolute Gasteiger partial charge is 0.264 e. The Hall–Kier alpha value is -2.68. The Labute approximate surface area is 174 Å². The number of amides is 3. The average molecular weight is 430 g/mol. The quantitative estimate of drug-likeness (QED) is 0.578. The van der Waals surface area contributed by atoms with Crippen molar-refractivity contribution < 1.29 is 14.4 Å². The number of carbonyl (C=O) groups excluding carboxylic acids is 3. The maximum absolute atomic E-state index is 13.1. The van der Waals surface area contributed by atoms with Gasteiger partial charge in [-0.25, -0.2) is 0 Å². The number of nitrogens with zero attached hydrogens (tertiary/aromatic N) is 1. The number of nitrogens with one attached hydrogen (secondary N) is 2. The Balaban J connectivity index is 1.64. The molecule has 2 aromatic carbocycles. The second-order valence-electron chi connectivity index (χ2n) is 6.01. The lowest BCUT2D eigenvalue weighted by atomic mass is 10.1. The van der Waals surface area contributed by atoms with E-state index in [0.29, 0.717) is 26.3 Å². The molecule has 0 aromatic heterocycles. The maximum atomic E-state index is 13.1. The van der Waals surface area contributed by atoms with E-state index in [1.54, 1.807) is 48.5 Å². The second-order valence-corrected chi connectivity index (χ2v) is 8.14. The number of benzene rings is 2. The van der Waals surface area contributed by atoms with Crippen molar-refractivity contribution in [3.8, 4) is 0 Å². The number of anilines is 2. The van der Waals surface area contributed by atoms with Crippen molar-refractivity contribution >= 4 is 74.6 Å². The third kappa shape index (κ3) is 3.42. The van der Waals surface area contributed by atoms with E-state index in [9.17, 15) is 14.4 Å². The van der Waals surface area contributed by atoms with Crippen LogP contribution in [0.5, 0.6) is 0 Å². The first-order chi connectivity index (χ1) is 13.4. The minimum atomic E-state index is -0.412. The lowest BCUT2D eigenvalue weighted by Gasteiger charge is -2.16. The molecule has 2 heterocycles. The molecular weight excluding hydrogens is 418 g/mol. The number of hydrogen-bond acceptors (Lipinski definition) is 5. The number of carbonyl (C=O) groups is 3. The van der Waals surface area contributed by atoms with Crippen molar-refractivity contribution in [3.63, 3.8) is 0 Å². The molecule has 0 atom stereocenters. The molecule has 0 spiro atoms. The zero-order valence-corrected chi connectivity index (χ0v) is 16.6. The van der Waals surface area contributed by atoms with E-state index in [1.165, 1.54) is 4.90 Å². The standard InChI is InChI=1S/C19H12ClN3O3S2/c20-10-4-3-5-11(8-10)21-14(24)9-23-13-7-2-1-6-12(13)15(18(23)26)16-17(25)22-19(27)28-16/h1-8H,9H2,(H,21,24)(H,22,25,27)/b16-15-. The summed E-state index contributed by atoms with van der Waals surface area (Å²) in [5.74, 6) is -1.20. The Kier molecular flexibility index (Phi) is 4.92. The molecule has 3 amide bonds. The van der Waals surface area contributed by atoms with Crippen LogP contribution in [0.1, 0.15) is 5.56 Å². The van der Waals surface area contributed by atoms with E-state index in [0.717, 1.165) is 11.8 Å². The topological polar surface area (TPSA) is 78.5 Å². The Morgan fingerprint density at radius 3 is 2.68 bits per heavy atom. The van der Waals surface area contributed by atoms with Crippen LogP contribution in [0.25, 0.3) is 5.57 Å². The van der Waals surface area contributed by atoms with Gasteiger partial charge in [-0.2, -0.15) is 0 Å². The molecule has 1 saturated heterocycles. The van der Waals surface area contributed by atoms with Crippen molar-refractivity contribution in [3.05, 3.63) is 64.0 Å². The lowest BCUT2D eigenvalue weighted by molar-refractivity contribution is -0.118. The molecule has 0 aliphatic carbocycles. The molecule has 6 nitrogen and oxygen atoms in total. The highest BCUT2D eigenvalue weighted by molar-refractivity contribution is 8.27. The van der Waals surface area contributed by atoms with Crippen molar-refractivity contribution in [1.82, 2.24) is 5.32 Å². The van der Waals surface area contributed by atoms with Gasteiger partial charge in [0.25, 0.3) is 11.8 Å². The molecule has 2 N–H and O–H groups in total. The number of thiocarbonyl (C=S) groups is 1. The van der Waals surface area contributed by atoms with Gasteiger partial charge in [0.1, 0.15) is 10.9 Å². The second kappa shape index (κ2) is 7.38. The van der Waals surface area contributed by atoms with Crippen molar-refractivity contribution in [2.45, 2.75) is 0 Å². The van der Waals surface area contributed by atoms with Gasteiger partial charge in [0.05, 0.1) is 16.2 Å². The first kappa shape index (κ1) is 18.7. The van der Waals surface area contributed by atoms with Gasteiger partial charge < -0.3 is 10.6 Å². The third-order valence-electron chi connectivity index (χ3n) is 4.18. The zero-order chi connectivity index (χ0) is 19.8. The summed E-state index contributed by atoms with van der Waals surface area (Å²) in [6.45, 7) is -0.199. The van der Waals surface area contributed by atoms with Crippen molar-refractivity contribution in [2.24, 2.45) is 0 Å². The summed E-state index contributed by atoms with van der Waals surface area (Å²) in [6.07, 6.45) is 0. The van der Waals surface area contributed by atoms with Gasteiger partial charge in [0, 0.05) is 16.3 Å². The van der Waals surface area contributed by atoms with Crippen LogP contribution in [0, 0.1) is 0 Å². The molecule has 2 aliphatic rings. The Bertz CT molecular complexity index is 1080. The monoisotopic (exact) mass is 429 g/mol. The molecule has 0 bridgehead atoms. The zero-order valence-electron chi connectivity index (χ0n) is 14.2. The first-order valence-electron chi connectivity index (χ1n) is 8.18. The number of thioether (sulfide) groups is 1. The number of fused-ring (bicyclic) bond motifs is 1. The highest BCUT2D eigenvalue weighted by Crippen LogP contribution is 2.42. The van der Waals surface area contributed by atoms with Gasteiger partial charge in [-0.05, 0) is 24.3 Å². The van der Waals surface area contributed by atoms with Crippen LogP contribution in [0.4, 0.5) is 11.4 Å². The highest BCUT2D eigenvalue weighted by atomic mass is 35.5. The van der Waals surface area contributed by atoms with Crippen LogP contribution in [0.15, 0.2) is 53.4 Å². The normalized spacial score (nSPS) is 18.3. The molecule has 1 fully saturated rings. The van der Waals surface area contributed by atoms with Crippen molar-refractivity contribution in [2.75, 3.05) is 16.8 Å². The lowest BCUT2D eigenvalue weighted by Crippen LogP contribution is -2.35. The number of rotatable bonds is 3. The van der Waals surface area contributed by atoms with Crippen LogP contribution < -0.4 is 15.5 Å². The molecule has 4 rings (SSSR count). The predicted octanol–water partition coefficient (Wildman–Crippen LogP) is 3.18. The average Bonchev–Trinajstić information content (AvgIpc) is 3.11. The van der Waals surface area contributed by atoms with Crippen LogP contribution in [0.3, 0.4) is 0 Å². The molecule has 0 saturated carbocycles. The molecule has 140 valence electrons. The summed E-state index contributed by atoms with van der Waals surface area (Å²) in [5, 5.41) is 5.74. The minimum absolute atomic E-state index is 0.199. The van der Waals surface area contributed by atoms with Gasteiger partial charge in [-0.1, -0.05) is 59.8 Å². The van der Waals surface area contributed by atoms with Gasteiger partial charge >= 0.3 is 0 Å². The SMILES string of the molecule is O=C(CN1C(=O)/C(=C2\SC(=S)NC2=O)c2ccccc21)Nc1cccc(Cl)c1. The summed E-state index contributed by atoms with van der Waals surface area (Å²) in [4.78, 5) is 39.4. The van der Waals surface area contributed by atoms with E-state index in [-0.39, 0.29) is 22.9 Å². The first-order valence-corrected chi connectivity index (χ1v) is 9.78. The van der Waals surface area contributed by atoms with Crippen LogP contribution in [-0.4, -0.2) is 28.6 Å². The van der Waals surface area contributed by atoms with Gasteiger partial charge in [-0.15, -0.1) is 0 Å². The van der Waals surface area contributed by atoms with Gasteiger partial charge in [0.2, 0.25) is 5.91 Å². The molecule has 2 aromatic rings. The predicted molar refractivity (Wildman–Crippen MR) is 114 cm³/mol. The largest absolute Gasteiger partial charge is 0.324 e. The number of halogens is 1. The molecular formula is C19H12ClN3O3S2. The number of hydrogen-bond donors (Lipinski definition) is 2. The third-order valence-corrected chi connectivity index (χ3v) is 5.65. The van der Waals surface area contributed by atoms with E-state index < -0.39 is 11.8 Å². The van der Waals surface area contributed by atoms with E-state index in [2.05, 4.69) is 10.6 Å². The van der Waals surface area contributed by atoms with E-state index in [4.69, 9.17) is 23.8 Å². The van der Waals surface area contributed by atoms with Crippen LogP contribution in [-0.2, 0) is 14.4 Å². The Morgan fingerprint density at radius 1 is 1.18 bits per heavy atom. The fourth-order valence-electron chi connectivity index (χ4n) is 3.05. The Morgan fingerprint density at radius 2 is 1.96 bits per heavy atom. The fourth-order valence-corrected chi connectivity index (χ4v) is 4.35. The van der Waals surface area contributed by atoms with Crippen LogP contribution in [0.2, 0.25) is 5.02 Å². The van der Waals surface area contributed by atoms with Gasteiger partial charge in [0.15, 0.2) is 0 Å². The van der Waals surface area contributed by atoms with E-state index >= 15 is 0 Å². The minimum Gasteiger partial charge on any atom is -0.324 e. The van der Waals surface area contributed by atoms with E-state index in [1.807, 2.05) is 0 Å². The fraction of sp³-hybridized carbons (Fsp3) is 0.0526. The summed E-state index contributed by atoms with van der Waals surface area (Å²) in [7, 11) is 0. The summed E-state index contributed by atoms with van der Waals surface area (Å²) >= 11 is 12.0. The molecule has 9 heteroatoms. The maximum Gasteiger partial charge on any atom is 0.264 e. The molecule has 0 radical (unpaired) electrons. The molecule has 0 unspecified atom stereocenters. The summed E-state index contributed by atoms with van der Waals surface area (Å²) in [6, 6.07) is 13.8.